The number of nitrogens with one attached hydrogen (secondary N) is 1. The number of nitrogens with zero attached hydrogens (tertiary/aromatic N) is 2. The van der Waals surface area contributed by atoms with Crippen molar-refractivity contribution in [1.29, 1.82) is 0 Å². The zero-order valence-corrected chi connectivity index (χ0v) is 19.6. The molecule has 0 saturated heterocycles. The van der Waals surface area contributed by atoms with E-state index >= 15 is 0 Å². The van der Waals surface area contributed by atoms with Crippen LogP contribution in [-0.4, -0.2) is 28.4 Å². The standard InChI is InChI=1S/C26H22ClN3O2S/c1-2-32-21-10-5-18(6-11-21)22-16-30-23-12-7-19(15-24(23)33-26(30)29-22)25(31)28-14-13-17-3-8-20(27)9-4-17/h3-12,15-16H,2,13-14H2,1H3,(H,28,31). The summed E-state index contributed by atoms with van der Waals surface area (Å²) in [5.74, 6) is 0.777. The molecule has 0 aliphatic rings. The van der Waals surface area contributed by atoms with E-state index in [4.69, 9.17) is 21.3 Å². The molecule has 1 amide bonds. The van der Waals surface area contributed by atoms with Crippen molar-refractivity contribution in [2.24, 2.45) is 0 Å². The molecule has 5 rings (SSSR count). The number of ether oxygens (including phenoxy) is 1. The molecule has 0 bridgehead atoms. The molecular formula is C26H22ClN3O2S. The Kier molecular flexibility index (Phi) is 6.03. The van der Waals surface area contributed by atoms with Crippen molar-refractivity contribution in [1.82, 2.24) is 14.7 Å². The van der Waals surface area contributed by atoms with Crippen LogP contribution in [0.25, 0.3) is 26.4 Å². The van der Waals surface area contributed by atoms with Crippen LogP contribution in [0.4, 0.5) is 0 Å². The van der Waals surface area contributed by atoms with Gasteiger partial charge in [0.2, 0.25) is 0 Å². The molecule has 0 aliphatic carbocycles. The second-order valence-electron chi connectivity index (χ2n) is 7.65. The van der Waals surface area contributed by atoms with E-state index in [2.05, 4.69) is 9.72 Å². The fourth-order valence-electron chi connectivity index (χ4n) is 3.74. The molecule has 5 nitrogen and oxygen atoms in total. The van der Waals surface area contributed by atoms with Gasteiger partial charge in [-0.1, -0.05) is 35.1 Å². The summed E-state index contributed by atoms with van der Waals surface area (Å²) in [4.78, 5) is 18.3. The van der Waals surface area contributed by atoms with Gasteiger partial charge in [-0.15, -0.1) is 0 Å². The number of hydrogen-bond acceptors (Lipinski definition) is 4. The van der Waals surface area contributed by atoms with Crippen LogP contribution in [0.1, 0.15) is 22.8 Å². The van der Waals surface area contributed by atoms with E-state index in [0.717, 1.165) is 44.2 Å². The van der Waals surface area contributed by atoms with Crippen molar-refractivity contribution in [3.63, 3.8) is 0 Å². The Morgan fingerprint density at radius 3 is 2.64 bits per heavy atom. The largest absolute Gasteiger partial charge is 0.494 e. The van der Waals surface area contributed by atoms with E-state index in [1.54, 1.807) is 11.3 Å². The third-order valence-electron chi connectivity index (χ3n) is 5.43. The van der Waals surface area contributed by atoms with Crippen LogP contribution in [0.2, 0.25) is 5.02 Å². The van der Waals surface area contributed by atoms with Crippen molar-refractivity contribution in [2.75, 3.05) is 13.2 Å². The predicted molar refractivity (Wildman–Crippen MR) is 135 cm³/mol. The summed E-state index contributed by atoms with van der Waals surface area (Å²) in [5, 5.41) is 3.71. The van der Waals surface area contributed by atoms with Gasteiger partial charge >= 0.3 is 0 Å². The molecule has 1 N–H and O–H groups in total. The average molecular weight is 476 g/mol. The quantitative estimate of drug-likeness (QED) is 0.303. The Balaban J connectivity index is 1.30. The lowest BCUT2D eigenvalue weighted by molar-refractivity contribution is 0.0954. The highest BCUT2D eigenvalue weighted by Gasteiger charge is 2.13. The molecule has 0 unspecified atom stereocenters. The van der Waals surface area contributed by atoms with E-state index in [0.29, 0.717) is 23.7 Å². The number of rotatable bonds is 7. The normalized spacial score (nSPS) is 11.2. The number of thiazole rings is 1. The van der Waals surface area contributed by atoms with E-state index in [9.17, 15) is 4.79 Å². The smallest absolute Gasteiger partial charge is 0.251 e. The first-order valence-corrected chi connectivity index (χ1v) is 12.0. The van der Waals surface area contributed by atoms with Crippen molar-refractivity contribution in [3.8, 4) is 17.0 Å². The summed E-state index contributed by atoms with van der Waals surface area (Å²) in [7, 11) is 0. The van der Waals surface area contributed by atoms with E-state index in [-0.39, 0.29) is 5.91 Å². The Morgan fingerprint density at radius 2 is 1.88 bits per heavy atom. The van der Waals surface area contributed by atoms with Gasteiger partial charge in [0.05, 0.1) is 22.5 Å². The molecule has 0 spiro atoms. The Bertz CT molecular complexity index is 1420. The SMILES string of the molecule is CCOc1ccc(-c2cn3c(n2)sc2cc(C(=O)NCCc4ccc(Cl)cc4)ccc23)cc1. The maximum atomic E-state index is 12.6. The van der Waals surface area contributed by atoms with Gasteiger partial charge < -0.3 is 10.1 Å². The van der Waals surface area contributed by atoms with Gasteiger partial charge in [-0.3, -0.25) is 9.20 Å². The molecule has 33 heavy (non-hydrogen) atoms. The van der Waals surface area contributed by atoms with Crippen LogP contribution in [0.15, 0.2) is 72.9 Å². The van der Waals surface area contributed by atoms with Crippen molar-refractivity contribution < 1.29 is 9.53 Å². The van der Waals surface area contributed by atoms with Gasteiger partial charge in [-0.2, -0.15) is 0 Å². The number of benzene rings is 3. The second-order valence-corrected chi connectivity index (χ2v) is 9.10. The van der Waals surface area contributed by atoms with Gasteiger partial charge in [-0.25, -0.2) is 4.98 Å². The van der Waals surface area contributed by atoms with E-state index in [1.807, 2.05) is 79.9 Å². The maximum absolute atomic E-state index is 12.6. The molecule has 2 aromatic heterocycles. The minimum Gasteiger partial charge on any atom is -0.494 e. The highest BCUT2D eigenvalue weighted by Crippen LogP contribution is 2.30. The summed E-state index contributed by atoms with van der Waals surface area (Å²) >= 11 is 7.50. The minimum absolute atomic E-state index is 0.0769. The first kappa shape index (κ1) is 21.5. The number of halogens is 1. The predicted octanol–water partition coefficient (Wildman–Crippen LogP) is 6.24. The summed E-state index contributed by atoms with van der Waals surface area (Å²) in [5.41, 5.74) is 4.78. The highest BCUT2D eigenvalue weighted by atomic mass is 35.5. The lowest BCUT2D eigenvalue weighted by atomic mass is 10.1. The second kappa shape index (κ2) is 9.25. The number of carbonyl (C=O) groups is 1. The Hall–Kier alpha value is -3.35. The number of imidazole rings is 1. The van der Waals surface area contributed by atoms with Crippen molar-refractivity contribution in [3.05, 3.63) is 89.1 Å². The molecule has 0 saturated carbocycles. The van der Waals surface area contributed by atoms with Gasteiger partial charge in [0.25, 0.3) is 5.91 Å². The summed E-state index contributed by atoms with van der Waals surface area (Å²) in [6.07, 6.45) is 2.79. The molecule has 3 aromatic carbocycles. The van der Waals surface area contributed by atoms with Gasteiger partial charge in [0.15, 0.2) is 4.96 Å². The van der Waals surface area contributed by atoms with E-state index < -0.39 is 0 Å². The van der Waals surface area contributed by atoms with Gasteiger partial charge in [0.1, 0.15) is 5.75 Å². The summed E-state index contributed by atoms with van der Waals surface area (Å²) in [6.45, 7) is 3.19. The molecule has 0 atom stereocenters. The van der Waals surface area contributed by atoms with Gasteiger partial charge in [0, 0.05) is 28.9 Å². The van der Waals surface area contributed by atoms with Crippen LogP contribution in [-0.2, 0) is 6.42 Å². The first-order valence-electron chi connectivity index (χ1n) is 10.8. The molecule has 166 valence electrons. The molecule has 0 radical (unpaired) electrons. The molecule has 0 fully saturated rings. The molecule has 5 aromatic rings. The summed E-state index contributed by atoms with van der Waals surface area (Å²) < 4.78 is 8.63. The Labute approximate surface area is 200 Å². The zero-order chi connectivity index (χ0) is 22.8. The minimum atomic E-state index is -0.0769. The number of amides is 1. The van der Waals surface area contributed by atoms with Crippen LogP contribution in [0.3, 0.4) is 0 Å². The van der Waals surface area contributed by atoms with Crippen molar-refractivity contribution >= 4 is 44.0 Å². The number of aromatic nitrogens is 2. The van der Waals surface area contributed by atoms with Crippen LogP contribution < -0.4 is 10.1 Å². The summed E-state index contributed by atoms with van der Waals surface area (Å²) in [6, 6.07) is 21.4. The first-order chi connectivity index (χ1) is 16.1. The van der Waals surface area contributed by atoms with Gasteiger partial charge in [-0.05, 0) is 73.5 Å². The van der Waals surface area contributed by atoms with Crippen LogP contribution in [0, 0.1) is 0 Å². The number of fused-ring (bicyclic) bond motifs is 3. The molecular weight excluding hydrogens is 454 g/mol. The topological polar surface area (TPSA) is 55.6 Å². The number of hydrogen-bond donors (Lipinski definition) is 1. The third kappa shape index (κ3) is 4.58. The number of carbonyl (C=O) groups excluding carboxylic acids is 1. The third-order valence-corrected chi connectivity index (χ3v) is 6.70. The van der Waals surface area contributed by atoms with E-state index in [1.165, 1.54) is 0 Å². The van der Waals surface area contributed by atoms with Crippen LogP contribution in [0.5, 0.6) is 5.75 Å². The fourth-order valence-corrected chi connectivity index (χ4v) is 4.92. The molecule has 7 heteroatoms. The Morgan fingerprint density at radius 1 is 1.09 bits per heavy atom. The lowest BCUT2D eigenvalue weighted by Gasteiger charge is -2.06. The lowest BCUT2D eigenvalue weighted by Crippen LogP contribution is -2.25. The zero-order valence-electron chi connectivity index (χ0n) is 18.0. The molecule has 2 heterocycles. The highest BCUT2D eigenvalue weighted by molar-refractivity contribution is 7.23. The van der Waals surface area contributed by atoms with Crippen molar-refractivity contribution in [2.45, 2.75) is 13.3 Å². The fraction of sp³-hybridized carbons (Fsp3) is 0.154. The molecule has 0 aliphatic heterocycles. The maximum Gasteiger partial charge on any atom is 0.251 e. The monoisotopic (exact) mass is 475 g/mol. The average Bonchev–Trinajstić information content (AvgIpc) is 3.38. The van der Waals surface area contributed by atoms with Crippen LogP contribution >= 0.6 is 22.9 Å².